The van der Waals surface area contributed by atoms with Gasteiger partial charge in [-0.1, -0.05) is 24.3 Å². The summed E-state index contributed by atoms with van der Waals surface area (Å²) in [5.41, 5.74) is 1.40. The SMILES string of the molecule is CCNC(=NCc1cccc(F)c1)NCCNC(=O)Cc1cccc(F)c1. The monoisotopic (exact) mass is 374 g/mol. The number of carbonyl (C=O) groups is 1. The van der Waals surface area contributed by atoms with Crippen molar-refractivity contribution in [3.05, 3.63) is 71.3 Å². The van der Waals surface area contributed by atoms with E-state index in [-0.39, 0.29) is 24.0 Å². The van der Waals surface area contributed by atoms with Crippen LogP contribution in [0, 0.1) is 11.6 Å². The Morgan fingerprint density at radius 3 is 2.22 bits per heavy atom. The van der Waals surface area contributed by atoms with Crippen LogP contribution in [0.4, 0.5) is 8.78 Å². The normalized spacial score (nSPS) is 11.1. The van der Waals surface area contributed by atoms with Gasteiger partial charge < -0.3 is 16.0 Å². The highest BCUT2D eigenvalue weighted by atomic mass is 19.1. The van der Waals surface area contributed by atoms with Crippen LogP contribution in [0.3, 0.4) is 0 Å². The van der Waals surface area contributed by atoms with Crippen molar-refractivity contribution in [1.82, 2.24) is 16.0 Å². The zero-order valence-electron chi connectivity index (χ0n) is 15.3. The molecule has 2 aromatic rings. The summed E-state index contributed by atoms with van der Waals surface area (Å²) in [6, 6.07) is 12.3. The topological polar surface area (TPSA) is 65.5 Å². The second-order valence-electron chi connectivity index (χ2n) is 5.91. The molecule has 0 aromatic heterocycles. The predicted molar refractivity (Wildman–Crippen MR) is 102 cm³/mol. The largest absolute Gasteiger partial charge is 0.357 e. The molecule has 0 bridgehead atoms. The molecule has 5 nitrogen and oxygen atoms in total. The first-order valence-corrected chi connectivity index (χ1v) is 8.84. The van der Waals surface area contributed by atoms with E-state index in [1.165, 1.54) is 24.3 Å². The molecular weight excluding hydrogens is 350 g/mol. The van der Waals surface area contributed by atoms with Crippen molar-refractivity contribution in [2.75, 3.05) is 19.6 Å². The Morgan fingerprint density at radius 2 is 1.56 bits per heavy atom. The highest BCUT2D eigenvalue weighted by Gasteiger charge is 2.04. The first-order chi connectivity index (χ1) is 13.1. The highest BCUT2D eigenvalue weighted by Crippen LogP contribution is 2.05. The van der Waals surface area contributed by atoms with Gasteiger partial charge in [-0.3, -0.25) is 4.79 Å². The molecule has 7 heteroatoms. The van der Waals surface area contributed by atoms with E-state index in [9.17, 15) is 13.6 Å². The number of aliphatic imine (C=N–C) groups is 1. The molecule has 0 aliphatic heterocycles. The number of nitrogens with one attached hydrogen (secondary N) is 3. The van der Waals surface area contributed by atoms with Crippen LogP contribution in [0.2, 0.25) is 0 Å². The molecule has 0 saturated carbocycles. The minimum atomic E-state index is -0.355. The lowest BCUT2D eigenvalue weighted by atomic mass is 10.1. The summed E-state index contributed by atoms with van der Waals surface area (Å²) in [6.45, 7) is 3.85. The molecule has 0 radical (unpaired) electrons. The number of nitrogens with zero attached hydrogens (tertiary/aromatic N) is 1. The second-order valence-corrected chi connectivity index (χ2v) is 5.91. The summed E-state index contributed by atoms with van der Waals surface area (Å²) >= 11 is 0. The van der Waals surface area contributed by atoms with Crippen LogP contribution in [-0.4, -0.2) is 31.5 Å². The van der Waals surface area contributed by atoms with Crippen molar-refractivity contribution in [1.29, 1.82) is 0 Å². The zero-order chi connectivity index (χ0) is 19.5. The lowest BCUT2D eigenvalue weighted by Gasteiger charge is -2.12. The lowest BCUT2D eigenvalue weighted by Crippen LogP contribution is -2.41. The van der Waals surface area contributed by atoms with Crippen molar-refractivity contribution in [2.45, 2.75) is 19.9 Å². The molecule has 3 N–H and O–H groups in total. The first-order valence-electron chi connectivity index (χ1n) is 8.84. The van der Waals surface area contributed by atoms with Gasteiger partial charge in [0.05, 0.1) is 13.0 Å². The third kappa shape index (κ3) is 7.85. The fourth-order valence-corrected chi connectivity index (χ4v) is 2.43. The van der Waals surface area contributed by atoms with Gasteiger partial charge in [-0.15, -0.1) is 0 Å². The number of hydrogen-bond acceptors (Lipinski definition) is 2. The van der Waals surface area contributed by atoms with E-state index in [4.69, 9.17) is 0 Å². The lowest BCUT2D eigenvalue weighted by molar-refractivity contribution is -0.120. The highest BCUT2D eigenvalue weighted by molar-refractivity contribution is 5.80. The molecule has 0 saturated heterocycles. The maximum Gasteiger partial charge on any atom is 0.224 e. The summed E-state index contributed by atoms with van der Waals surface area (Å²) in [7, 11) is 0. The average Bonchev–Trinajstić information content (AvgIpc) is 2.63. The van der Waals surface area contributed by atoms with Crippen molar-refractivity contribution in [3.8, 4) is 0 Å². The maximum atomic E-state index is 13.2. The van der Waals surface area contributed by atoms with Crippen LogP contribution >= 0.6 is 0 Å². The molecule has 0 fully saturated rings. The summed E-state index contributed by atoms with van der Waals surface area (Å²) in [4.78, 5) is 16.3. The Balaban J connectivity index is 1.75. The van der Waals surface area contributed by atoms with Crippen LogP contribution in [0.5, 0.6) is 0 Å². The summed E-state index contributed by atoms with van der Waals surface area (Å²) in [5, 5.41) is 8.97. The molecule has 2 rings (SSSR count). The van der Waals surface area contributed by atoms with E-state index in [0.717, 1.165) is 5.56 Å². The van der Waals surface area contributed by atoms with Gasteiger partial charge in [-0.2, -0.15) is 0 Å². The van der Waals surface area contributed by atoms with Gasteiger partial charge in [0.15, 0.2) is 5.96 Å². The number of halogens is 2. The van der Waals surface area contributed by atoms with Gasteiger partial charge in [0.1, 0.15) is 11.6 Å². The van der Waals surface area contributed by atoms with Crippen molar-refractivity contribution in [3.63, 3.8) is 0 Å². The second kappa shape index (κ2) is 10.9. The number of amides is 1. The van der Waals surface area contributed by atoms with E-state index in [1.54, 1.807) is 18.2 Å². The van der Waals surface area contributed by atoms with Gasteiger partial charge >= 0.3 is 0 Å². The van der Waals surface area contributed by atoms with Gasteiger partial charge in [-0.05, 0) is 42.3 Å². The molecule has 0 aliphatic rings. The molecule has 2 aromatic carbocycles. The smallest absolute Gasteiger partial charge is 0.224 e. The summed E-state index contributed by atoms with van der Waals surface area (Å²) < 4.78 is 26.3. The Bertz CT molecular complexity index is 780. The third-order valence-electron chi connectivity index (χ3n) is 3.65. The van der Waals surface area contributed by atoms with E-state index in [1.807, 2.05) is 13.0 Å². The standard InChI is InChI=1S/C20H24F2N4O/c1-2-23-20(26-14-16-6-4-8-18(22)12-16)25-10-9-24-19(27)13-15-5-3-7-17(21)11-15/h3-8,11-12H,2,9-10,13-14H2,1H3,(H,24,27)(H2,23,25,26). The number of benzene rings is 2. The molecule has 0 atom stereocenters. The van der Waals surface area contributed by atoms with Crippen molar-refractivity contribution >= 4 is 11.9 Å². The predicted octanol–water partition coefficient (Wildman–Crippen LogP) is 2.38. The number of hydrogen-bond donors (Lipinski definition) is 3. The average molecular weight is 374 g/mol. The van der Waals surface area contributed by atoms with Gasteiger partial charge in [-0.25, -0.2) is 13.8 Å². The van der Waals surface area contributed by atoms with E-state index in [2.05, 4.69) is 20.9 Å². The Morgan fingerprint density at radius 1 is 0.926 bits per heavy atom. The number of rotatable bonds is 8. The first kappa shape index (κ1) is 20.4. The molecule has 0 aliphatic carbocycles. The minimum absolute atomic E-state index is 0.130. The molecule has 1 amide bonds. The molecule has 27 heavy (non-hydrogen) atoms. The van der Waals surface area contributed by atoms with Crippen LogP contribution in [0.25, 0.3) is 0 Å². The van der Waals surface area contributed by atoms with Gasteiger partial charge in [0, 0.05) is 19.6 Å². The molecular formula is C20H24F2N4O. The maximum absolute atomic E-state index is 13.2. The summed E-state index contributed by atoms with van der Waals surface area (Å²) in [5.74, 6) is -0.237. The Labute approximate surface area is 157 Å². The van der Waals surface area contributed by atoms with Crippen LogP contribution in [0.1, 0.15) is 18.1 Å². The molecule has 0 unspecified atom stereocenters. The van der Waals surface area contributed by atoms with E-state index >= 15 is 0 Å². The van der Waals surface area contributed by atoms with Crippen molar-refractivity contribution < 1.29 is 13.6 Å². The minimum Gasteiger partial charge on any atom is -0.357 e. The Hall–Kier alpha value is -2.96. The Kier molecular flexibility index (Phi) is 8.22. The number of carbonyl (C=O) groups excluding carboxylic acids is 1. The zero-order valence-corrected chi connectivity index (χ0v) is 15.3. The molecule has 0 spiro atoms. The molecule has 144 valence electrons. The van der Waals surface area contributed by atoms with E-state index < -0.39 is 0 Å². The van der Waals surface area contributed by atoms with Gasteiger partial charge in [0.25, 0.3) is 0 Å². The third-order valence-corrected chi connectivity index (χ3v) is 3.65. The van der Waals surface area contributed by atoms with Gasteiger partial charge in [0.2, 0.25) is 5.91 Å². The van der Waals surface area contributed by atoms with Crippen LogP contribution in [0.15, 0.2) is 53.5 Å². The molecule has 0 heterocycles. The van der Waals surface area contributed by atoms with E-state index in [0.29, 0.717) is 37.7 Å². The number of guanidine groups is 1. The fraction of sp³-hybridized carbons (Fsp3) is 0.300. The summed E-state index contributed by atoms with van der Waals surface area (Å²) in [6.07, 6.45) is 0.130. The quantitative estimate of drug-likeness (QED) is 0.378. The van der Waals surface area contributed by atoms with Crippen LogP contribution < -0.4 is 16.0 Å². The van der Waals surface area contributed by atoms with Crippen molar-refractivity contribution in [2.24, 2.45) is 4.99 Å². The fourth-order valence-electron chi connectivity index (χ4n) is 2.43. The van der Waals surface area contributed by atoms with Crippen LogP contribution in [-0.2, 0) is 17.8 Å².